The topological polar surface area (TPSA) is 40.5 Å². The van der Waals surface area contributed by atoms with E-state index < -0.39 is 11.8 Å². The molecule has 0 heterocycles. The number of carboxylic acid groups (broad SMARTS) is 1. The van der Waals surface area contributed by atoms with Crippen LogP contribution >= 0.6 is 0 Å². The number of carbonyl (C=O) groups is 1. The van der Waals surface area contributed by atoms with Crippen LogP contribution in [0.2, 0.25) is 0 Å². The maximum atomic E-state index is 13.6. The van der Waals surface area contributed by atoms with E-state index in [9.17, 15) is 13.6 Å². The summed E-state index contributed by atoms with van der Waals surface area (Å²) in [5.74, 6) is -1.92. The molecule has 2 aromatic carbocycles. The van der Waals surface area contributed by atoms with E-state index in [0.29, 0.717) is 17.7 Å². The average Bonchev–Trinajstić information content (AvgIpc) is 2.41. The Kier molecular flexibility index (Phi) is 4.65. The van der Waals surface area contributed by atoms with E-state index in [4.69, 9.17) is 5.11 Å². The molecule has 2 rings (SSSR count). The first kappa shape index (κ1) is 15.1. The minimum Gasteiger partial charge on any atom is -0.478 e. The molecule has 0 saturated carbocycles. The highest BCUT2D eigenvalue weighted by molar-refractivity contribution is 5.89. The predicted molar refractivity (Wildman–Crippen MR) is 74.9 cm³/mol. The summed E-state index contributed by atoms with van der Waals surface area (Å²) in [7, 11) is 1.73. The molecule has 0 aromatic heterocycles. The summed E-state index contributed by atoms with van der Waals surface area (Å²) < 4.78 is 26.9. The van der Waals surface area contributed by atoms with Crippen molar-refractivity contribution in [1.29, 1.82) is 0 Å². The highest BCUT2D eigenvalue weighted by Gasteiger charge is 2.13. The van der Waals surface area contributed by atoms with Crippen LogP contribution in [-0.4, -0.2) is 23.0 Å². The Morgan fingerprint density at radius 2 is 1.76 bits per heavy atom. The van der Waals surface area contributed by atoms with Gasteiger partial charge in [-0.1, -0.05) is 18.2 Å². The second-order valence-electron chi connectivity index (χ2n) is 4.87. The monoisotopic (exact) mass is 291 g/mol. The minimum absolute atomic E-state index is 0.0526. The Morgan fingerprint density at radius 1 is 1.10 bits per heavy atom. The minimum atomic E-state index is -1.11. The standard InChI is InChI=1S/C16H15F2NO2/c1-19(9-11-4-2-3-5-15(11)18)10-12-8-13(17)6-7-14(12)16(20)21/h2-8H,9-10H2,1H3,(H,20,21). The summed E-state index contributed by atoms with van der Waals surface area (Å²) in [6.07, 6.45) is 0. The number of halogens is 2. The predicted octanol–water partition coefficient (Wildman–Crippen LogP) is 3.30. The van der Waals surface area contributed by atoms with Crippen molar-refractivity contribution >= 4 is 5.97 Å². The zero-order chi connectivity index (χ0) is 15.4. The summed E-state index contributed by atoms with van der Waals surface area (Å²) >= 11 is 0. The molecule has 2 aromatic rings. The third-order valence-corrected chi connectivity index (χ3v) is 3.14. The molecule has 0 unspecified atom stereocenters. The Bertz CT molecular complexity index is 658. The number of aromatic carboxylic acids is 1. The number of rotatable bonds is 5. The van der Waals surface area contributed by atoms with Crippen molar-refractivity contribution in [3.8, 4) is 0 Å². The van der Waals surface area contributed by atoms with Crippen LogP contribution < -0.4 is 0 Å². The molecule has 0 saturated heterocycles. The Labute approximate surface area is 121 Å². The summed E-state index contributed by atoms with van der Waals surface area (Å²) in [5.41, 5.74) is 0.923. The van der Waals surface area contributed by atoms with Gasteiger partial charge in [0.15, 0.2) is 0 Å². The van der Waals surface area contributed by atoms with Crippen LogP contribution in [0.4, 0.5) is 8.78 Å². The molecule has 0 atom stereocenters. The molecule has 3 nitrogen and oxygen atoms in total. The van der Waals surface area contributed by atoms with E-state index >= 15 is 0 Å². The van der Waals surface area contributed by atoms with Gasteiger partial charge in [-0.05, 0) is 36.9 Å². The smallest absolute Gasteiger partial charge is 0.336 e. The molecule has 0 aliphatic rings. The fraction of sp³-hybridized carbons (Fsp3) is 0.188. The first-order valence-electron chi connectivity index (χ1n) is 6.41. The Hall–Kier alpha value is -2.27. The van der Waals surface area contributed by atoms with Crippen molar-refractivity contribution < 1.29 is 18.7 Å². The quantitative estimate of drug-likeness (QED) is 0.919. The van der Waals surface area contributed by atoms with E-state index in [0.717, 1.165) is 6.07 Å². The highest BCUT2D eigenvalue weighted by Crippen LogP contribution is 2.16. The molecule has 0 amide bonds. The van der Waals surface area contributed by atoms with Gasteiger partial charge in [-0.25, -0.2) is 13.6 Å². The van der Waals surface area contributed by atoms with E-state index in [1.807, 2.05) is 0 Å². The van der Waals surface area contributed by atoms with Crippen molar-refractivity contribution in [3.63, 3.8) is 0 Å². The van der Waals surface area contributed by atoms with Gasteiger partial charge in [0.1, 0.15) is 11.6 Å². The number of nitrogens with zero attached hydrogens (tertiary/aromatic N) is 1. The molecule has 5 heteroatoms. The van der Waals surface area contributed by atoms with Gasteiger partial charge in [-0.2, -0.15) is 0 Å². The molecule has 0 aliphatic heterocycles. The lowest BCUT2D eigenvalue weighted by atomic mass is 10.1. The Morgan fingerprint density at radius 3 is 2.43 bits per heavy atom. The molecule has 21 heavy (non-hydrogen) atoms. The van der Waals surface area contributed by atoms with Gasteiger partial charge in [0.2, 0.25) is 0 Å². The summed E-state index contributed by atoms with van der Waals surface area (Å²) in [6.45, 7) is 0.524. The number of hydrogen-bond acceptors (Lipinski definition) is 2. The van der Waals surface area contributed by atoms with E-state index in [2.05, 4.69) is 0 Å². The SMILES string of the molecule is CN(Cc1ccccc1F)Cc1cc(F)ccc1C(=O)O. The van der Waals surface area contributed by atoms with Crippen LogP contribution in [0.25, 0.3) is 0 Å². The van der Waals surface area contributed by atoms with Crippen LogP contribution in [0.3, 0.4) is 0 Å². The first-order valence-corrected chi connectivity index (χ1v) is 6.41. The van der Waals surface area contributed by atoms with Crippen molar-refractivity contribution in [2.24, 2.45) is 0 Å². The molecule has 0 spiro atoms. The third-order valence-electron chi connectivity index (χ3n) is 3.14. The highest BCUT2D eigenvalue weighted by atomic mass is 19.1. The Balaban J connectivity index is 2.16. The molecule has 0 bridgehead atoms. The lowest BCUT2D eigenvalue weighted by Crippen LogP contribution is -2.20. The fourth-order valence-corrected chi connectivity index (χ4v) is 2.17. The molecular weight excluding hydrogens is 276 g/mol. The maximum absolute atomic E-state index is 13.6. The summed E-state index contributed by atoms with van der Waals surface area (Å²) in [6, 6.07) is 9.92. The van der Waals surface area contributed by atoms with Crippen LogP contribution in [0.5, 0.6) is 0 Å². The van der Waals surface area contributed by atoms with Crippen molar-refractivity contribution in [2.75, 3.05) is 7.05 Å². The van der Waals surface area contributed by atoms with Gasteiger partial charge in [-0.3, -0.25) is 4.90 Å². The molecule has 0 radical (unpaired) electrons. The van der Waals surface area contributed by atoms with E-state index in [-0.39, 0.29) is 17.9 Å². The number of carboxylic acids is 1. The summed E-state index contributed by atoms with van der Waals surface area (Å²) in [5, 5.41) is 9.10. The van der Waals surface area contributed by atoms with Crippen LogP contribution in [-0.2, 0) is 13.1 Å². The fourth-order valence-electron chi connectivity index (χ4n) is 2.17. The van der Waals surface area contributed by atoms with Gasteiger partial charge in [0.25, 0.3) is 0 Å². The zero-order valence-corrected chi connectivity index (χ0v) is 11.5. The van der Waals surface area contributed by atoms with Crippen LogP contribution in [0.1, 0.15) is 21.5 Å². The molecule has 0 aliphatic carbocycles. The molecule has 110 valence electrons. The van der Waals surface area contributed by atoms with E-state index in [1.54, 1.807) is 30.1 Å². The lowest BCUT2D eigenvalue weighted by Gasteiger charge is -2.18. The van der Waals surface area contributed by atoms with Crippen LogP contribution in [0.15, 0.2) is 42.5 Å². The van der Waals surface area contributed by atoms with Crippen molar-refractivity contribution in [3.05, 3.63) is 70.8 Å². The van der Waals surface area contributed by atoms with Gasteiger partial charge in [0.05, 0.1) is 5.56 Å². The lowest BCUT2D eigenvalue weighted by molar-refractivity contribution is 0.0694. The molecule has 1 N–H and O–H groups in total. The molecule has 0 fully saturated rings. The van der Waals surface area contributed by atoms with Gasteiger partial charge < -0.3 is 5.11 Å². The second-order valence-corrected chi connectivity index (χ2v) is 4.87. The number of benzene rings is 2. The molecular formula is C16H15F2NO2. The third kappa shape index (κ3) is 3.86. The van der Waals surface area contributed by atoms with E-state index in [1.165, 1.54) is 18.2 Å². The first-order chi connectivity index (χ1) is 9.97. The van der Waals surface area contributed by atoms with Gasteiger partial charge in [-0.15, -0.1) is 0 Å². The summed E-state index contributed by atoms with van der Waals surface area (Å²) in [4.78, 5) is 12.9. The number of hydrogen-bond donors (Lipinski definition) is 1. The zero-order valence-electron chi connectivity index (χ0n) is 11.5. The second kappa shape index (κ2) is 6.45. The van der Waals surface area contributed by atoms with Gasteiger partial charge >= 0.3 is 5.97 Å². The van der Waals surface area contributed by atoms with Crippen molar-refractivity contribution in [2.45, 2.75) is 13.1 Å². The van der Waals surface area contributed by atoms with Crippen LogP contribution in [0, 0.1) is 11.6 Å². The average molecular weight is 291 g/mol. The van der Waals surface area contributed by atoms with Gasteiger partial charge in [0, 0.05) is 18.7 Å². The largest absolute Gasteiger partial charge is 0.478 e. The van der Waals surface area contributed by atoms with Crippen molar-refractivity contribution in [1.82, 2.24) is 4.90 Å². The maximum Gasteiger partial charge on any atom is 0.336 e. The normalized spacial score (nSPS) is 10.9.